The quantitative estimate of drug-likeness (QED) is 0.579. The first-order valence-electron chi connectivity index (χ1n) is 10.0. The minimum absolute atomic E-state index is 0.0203. The van der Waals surface area contributed by atoms with Crippen LogP contribution in [-0.4, -0.2) is 42.7 Å². The van der Waals surface area contributed by atoms with Crippen molar-refractivity contribution in [3.63, 3.8) is 0 Å². The molecule has 0 spiro atoms. The molecule has 1 atom stereocenters. The molecule has 154 valence electrons. The van der Waals surface area contributed by atoms with Gasteiger partial charge in [0, 0.05) is 36.9 Å². The van der Waals surface area contributed by atoms with Gasteiger partial charge in [0.25, 0.3) is 0 Å². The summed E-state index contributed by atoms with van der Waals surface area (Å²) in [6.45, 7) is 4.36. The van der Waals surface area contributed by atoms with Crippen LogP contribution in [0.4, 0.5) is 11.4 Å². The number of nitrogens with one attached hydrogen (secondary N) is 1. The van der Waals surface area contributed by atoms with Crippen molar-refractivity contribution in [1.82, 2.24) is 9.88 Å². The number of anilines is 2. The zero-order valence-corrected chi connectivity index (χ0v) is 17.4. The van der Waals surface area contributed by atoms with E-state index >= 15 is 0 Å². The summed E-state index contributed by atoms with van der Waals surface area (Å²) in [6, 6.07) is 16.1. The van der Waals surface area contributed by atoms with E-state index in [2.05, 4.69) is 33.4 Å². The smallest absolute Gasteiger partial charge is 0.103 e. The van der Waals surface area contributed by atoms with E-state index in [1.165, 1.54) is 0 Å². The van der Waals surface area contributed by atoms with Crippen LogP contribution in [0.5, 0.6) is 0 Å². The minimum atomic E-state index is 0.0203. The van der Waals surface area contributed by atoms with E-state index in [0.717, 1.165) is 50.2 Å². The Bertz CT molecular complexity index is 1060. The predicted octanol–water partition coefficient (Wildman–Crippen LogP) is 4.22. The van der Waals surface area contributed by atoms with Gasteiger partial charge >= 0.3 is 0 Å². The number of pyridine rings is 1. The van der Waals surface area contributed by atoms with Crippen molar-refractivity contribution in [2.45, 2.75) is 12.5 Å². The first-order valence-corrected chi connectivity index (χ1v) is 10.4. The van der Waals surface area contributed by atoms with Gasteiger partial charge in [-0.05, 0) is 24.1 Å². The van der Waals surface area contributed by atoms with Crippen LogP contribution in [0.1, 0.15) is 23.6 Å². The fourth-order valence-corrected chi connectivity index (χ4v) is 4.12. The van der Waals surface area contributed by atoms with Gasteiger partial charge in [0.2, 0.25) is 0 Å². The van der Waals surface area contributed by atoms with Crippen molar-refractivity contribution in [3.05, 3.63) is 64.8 Å². The number of nitrogens with two attached hydrogens (primary N) is 1. The van der Waals surface area contributed by atoms with Crippen LogP contribution in [-0.2, 0) is 4.74 Å². The molecule has 1 aliphatic heterocycles. The fourth-order valence-electron chi connectivity index (χ4n) is 3.84. The maximum absolute atomic E-state index is 9.72. The third-order valence-electron chi connectivity index (χ3n) is 5.43. The van der Waals surface area contributed by atoms with E-state index in [-0.39, 0.29) is 6.04 Å². The van der Waals surface area contributed by atoms with Gasteiger partial charge in [-0.3, -0.25) is 9.88 Å². The summed E-state index contributed by atoms with van der Waals surface area (Å²) in [6.07, 6.45) is 2.45. The fraction of sp³-hybridized carbons (Fsp3) is 0.304. The standard InChI is InChI=1S/C23H24ClN5O/c24-20-13-18(26)12-19-22(17(14-25)15-27-23(19)20)28-21(16-4-2-1-3-5-16)6-7-29-8-10-30-11-9-29/h1-5,12-13,15,21H,6-11,26H2,(H,27,28). The minimum Gasteiger partial charge on any atom is -0.399 e. The molecule has 1 aromatic heterocycles. The molecule has 3 aromatic rings. The summed E-state index contributed by atoms with van der Waals surface area (Å²) in [5.74, 6) is 0. The van der Waals surface area contributed by atoms with E-state index in [1.54, 1.807) is 12.3 Å². The largest absolute Gasteiger partial charge is 0.399 e. The maximum Gasteiger partial charge on any atom is 0.103 e. The van der Waals surface area contributed by atoms with Crippen LogP contribution in [0.2, 0.25) is 5.02 Å². The van der Waals surface area contributed by atoms with E-state index in [4.69, 9.17) is 22.1 Å². The number of nitrogen functional groups attached to an aromatic ring is 1. The average Bonchev–Trinajstić information content (AvgIpc) is 2.78. The van der Waals surface area contributed by atoms with Gasteiger partial charge in [0.05, 0.1) is 41.0 Å². The maximum atomic E-state index is 9.72. The summed E-state index contributed by atoms with van der Waals surface area (Å²) in [4.78, 5) is 6.79. The van der Waals surface area contributed by atoms with Crippen molar-refractivity contribution in [1.29, 1.82) is 5.26 Å². The molecule has 2 aromatic carbocycles. The molecule has 1 fully saturated rings. The van der Waals surface area contributed by atoms with Crippen molar-refractivity contribution in [2.24, 2.45) is 0 Å². The lowest BCUT2D eigenvalue weighted by atomic mass is 10.0. The third kappa shape index (κ3) is 4.49. The highest BCUT2D eigenvalue weighted by Crippen LogP contribution is 2.35. The van der Waals surface area contributed by atoms with E-state index in [1.807, 2.05) is 24.3 Å². The van der Waals surface area contributed by atoms with Crippen molar-refractivity contribution in [3.8, 4) is 6.07 Å². The van der Waals surface area contributed by atoms with Crippen LogP contribution in [0.25, 0.3) is 10.9 Å². The molecule has 0 amide bonds. The van der Waals surface area contributed by atoms with E-state index in [0.29, 0.717) is 27.5 Å². The number of rotatable bonds is 6. The lowest BCUT2D eigenvalue weighted by Crippen LogP contribution is -2.37. The highest BCUT2D eigenvalue weighted by atomic mass is 35.5. The molecule has 0 bridgehead atoms. The van der Waals surface area contributed by atoms with E-state index < -0.39 is 0 Å². The van der Waals surface area contributed by atoms with Crippen molar-refractivity contribution < 1.29 is 4.74 Å². The number of nitrogens with zero attached hydrogens (tertiary/aromatic N) is 3. The predicted molar refractivity (Wildman–Crippen MR) is 121 cm³/mol. The Labute approximate surface area is 181 Å². The van der Waals surface area contributed by atoms with Gasteiger partial charge in [0.15, 0.2) is 0 Å². The second kappa shape index (κ2) is 9.31. The number of ether oxygens (including phenoxy) is 1. The average molecular weight is 422 g/mol. The Morgan fingerprint density at radius 3 is 2.73 bits per heavy atom. The number of benzene rings is 2. The second-order valence-electron chi connectivity index (χ2n) is 7.41. The summed E-state index contributed by atoms with van der Waals surface area (Å²) in [5.41, 5.74) is 9.56. The highest BCUT2D eigenvalue weighted by Gasteiger charge is 2.19. The monoisotopic (exact) mass is 421 g/mol. The number of morpholine rings is 1. The van der Waals surface area contributed by atoms with Crippen LogP contribution < -0.4 is 11.1 Å². The third-order valence-corrected chi connectivity index (χ3v) is 5.71. The van der Waals surface area contributed by atoms with E-state index in [9.17, 15) is 5.26 Å². The summed E-state index contributed by atoms with van der Waals surface area (Å²) >= 11 is 6.37. The Morgan fingerprint density at radius 1 is 1.23 bits per heavy atom. The first kappa shape index (κ1) is 20.4. The number of aromatic nitrogens is 1. The summed E-state index contributed by atoms with van der Waals surface area (Å²) < 4.78 is 5.46. The molecule has 1 aliphatic rings. The number of fused-ring (bicyclic) bond motifs is 1. The lowest BCUT2D eigenvalue weighted by molar-refractivity contribution is 0.0368. The topological polar surface area (TPSA) is 87.2 Å². The Hall–Kier alpha value is -2.85. The Balaban J connectivity index is 1.70. The van der Waals surface area contributed by atoms with Gasteiger partial charge in [-0.25, -0.2) is 0 Å². The molecule has 6 nitrogen and oxygen atoms in total. The molecule has 30 heavy (non-hydrogen) atoms. The summed E-state index contributed by atoms with van der Waals surface area (Å²) in [5, 5.41) is 14.6. The number of hydrogen-bond acceptors (Lipinski definition) is 6. The SMILES string of the molecule is N#Cc1cnc2c(Cl)cc(N)cc2c1NC(CCN1CCOCC1)c1ccccc1. The Morgan fingerprint density at radius 2 is 2.00 bits per heavy atom. The first-order chi connectivity index (χ1) is 14.7. The van der Waals surface area contributed by atoms with Crippen LogP contribution in [0.3, 0.4) is 0 Å². The molecule has 2 heterocycles. The second-order valence-corrected chi connectivity index (χ2v) is 7.82. The van der Waals surface area contributed by atoms with Gasteiger partial charge in [0.1, 0.15) is 6.07 Å². The normalized spacial score (nSPS) is 15.6. The van der Waals surface area contributed by atoms with Gasteiger partial charge in [-0.2, -0.15) is 5.26 Å². The number of nitriles is 1. The van der Waals surface area contributed by atoms with Gasteiger partial charge in [-0.1, -0.05) is 41.9 Å². The molecular formula is C23H24ClN5O. The van der Waals surface area contributed by atoms with Crippen LogP contribution in [0.15, 0.2) is 48.7 Å². The molecule has 0 radical (unpaired) electrons. The molecule has 0 aliphatic carbocycles. The number of halogens is 1. The molecule has 1 saturated heterocycles. The molecule has 0 saturated carbocycles. The molecule has 7 heteroatoms. The van der Waals surface area contributed by atoms with Crippen LogP contribution >= 0.6 is 11.6 Å². The highest BCUT2D eigenvalue weighted by molar-refractivity contribution is 6.35. The lowest BCUT2D eigenvalue weighted by Gasteiger charge is -2.29. The number of hydrogen-bond donors (Lipinski definition) is 2. The molecular weight excluding hydrogens is 398 g/mol. The molecule has 4 rings (SSSR count). The van der Waals surface area contributed by atoms with Gasteiger partial charge < -0.3 is 15.8 Å². The molecule has 1 unspecified atom stereocenters. The molecule has 3 N–H and O–H groups in total. The zero-order valence-electron chi connectivity index (χ0n) is 16.6. The summed E-state index contributed by atoms with van der Waals surface area (Å²) in [7, 11) is 0. The van der Waals surface area contributed by atoms with Crippen LogP contribution in [0, 0.1) is 11.3 Å². The van der Waals surface area contributed by atoms with Crippen molar-refractivity contribution in [2.75, 3.05) is 43.9 Å². The van der Waals surface area contributed by atoms with Gasteiger partial charge in [-0.15, -0.1) is 0 Å². The van der Waals surface area contributed by atoms with Crippen molar-refractivity contribution >= 4 is 33.9 Å². The Kier molecular flexibility index (Phi) is 6.34. The zero-order chi connectivity index (χ0) is 20.9.